The highest BCUT2D eigenvalue weighted by atomic mass is 35.5. The number of anilines is 1. The van der Waals surface area contributed by atoms with Gasteiger partial charge in [0.15, 0.2) is 0 Å². The number of nitrogens with zero attached hydrogens (tertiary/aromatic N) is 3. The SMILES string of the molecule is CC(C)CCOCCNc1nc(Cl)nc(Cl)n1. The number of aromatic nitrogens is 3. The summed E-state index contributed by atoms with van der Waals surface area (Å²) in [5.41, 5.74) is 0. The molecule has 0 saturated carbocycles. The summed E-state index contributed by atoms with van der Waals surface area (Å²) in [6.45, 7) is 6.29. The maximum atomic E-state index is 5.63. The Labute approximate surface area is 111 Å². The number of halogens is 2. The molecule has 0 amide bonds. The second-order valence-electron chi connectivity index (χ2n) is 3.92. The predicted octanol–water partition coefficient (Wildman–Crippen LogP) is 2.65. The summed E-state index contributed by atoms with van der Waals surface area (Å²) in [6, 6.07) is 0. The van der Waals surface area contributed by atoms with Crippen LogP contribution in [0.25, 0.3) is 0 Å². The van der Waals surface area contributed by atoms with Gasteiger partial charge in [0.05, 0.1) is 6.61 Å². The lowest BCUT2D eigenvalue weighted by Crippen LogP contribution is -2.13. The Morgan fingerprint density at radius 2 is 1.76 bits per heavy atom. The zero-order chi connectivity index (χ0) is 12.7. The molecule has 0 bridgehead atoms. The first-order valence-electron chi connectivity index (χ1n) is 5.46. The van der Waals surface area contributed by atoms with Gasteiger partial charge in [-0.1, -0.05) is 13.8 Å². The van der Waals surface area contributed by atoms with Crippen LogP contribution in [0.15, 0.2) is 0 Å². The van der Waals surface area contributed by atoms with E-state index in [0.717, 1.165) is 13.0 Å². The molecule has 0 atom stereocenters. The monoisotopic (exact) mass is 278 g/mol. The Hall–Kier alpha value is -0.650. The molecule has 0 aliphatic carbocycles. The smallest absolute Gasteiger partial charge is 0.228 e. The van der Waals surface area contributed by atoms with Crippen molar-refractivity contribution in [3.05, 3.63) is 10.6 Å². The molecule has 1 aromatic heterocycles. The number of nitrogens with one attached hydrogen (secondary N) is 1. The number of hydrogen-bond acceptors (Lipinski definition) is 5. The van der Waals surface area contributed by atoms with Crippen LogP contribution >= 0.6 is 23.2 Å². The van der Waals surface area contributed by atoms with Crippen LogP contribution in [0.3, 0.4) is 0 Å². The lowest BCUT2D eigenvalue weighted by molar-refractivity contribution is 0.132. The summed E-state index contributed by atoms with van der Waals surface area (Å²) in [6.07, 6.45) is 1.06. The minimum atomic E-state index is 0.0771. The van der Waals surface area contributed by atoms with E-state index in [4.69, 9.17) is 27.9 Å². The van der Waals surface area contributed by atoms with Crippen molar-refractivity contribution in [2.45, 2.75) is 20.3 Å². The van der Waals surface area contributed by atoms with Gasteiger partial charge in [0.1, 0.15) is 0 Å². The summed E-state index contributed by atoms with van der Waals surface area (Å²) >= 11 is 11.3. The van der Waals surface area contributed by atoms with E-state index in [9.17, 15) is 0 Å². The Balaban J connectivity index is 2.18. The summed E-state index contributed by atoms with van der Waals surface area (Å²) in [4.78, 5) is 11.4. The Bertz CT molecular complexity index is 329. The molecule has 0 saturated heterocycles. The molecular formula is C10H16Cl2N4O. The first-order chi connectivity index (χ1) is 8.08. The minimum absolute atomic E-state index is 0.0771. The van der Waals surface area contributed by atoms with Crippen molar-refractivity contribution in [1.29, 1.82) is 0 Å². The van der Waals surface area contributed by atoms with Crippen molar-refractivity contribution in [1.82, 2.24) is 15.0 Å². The first kappa shape index (κ1) is 14.4. The van der Waals surface area contributed by atoms with E-state index in [1.54, 1.807) is 0 Å². The van der Waals surface area contributed by atoms with E-state index >= 15 is 0 Å². The number of hydrogen-bond donors (Lipinski definition) is 1. The number of ether oxygens (including phenoxy) is 1. The van der Waals surface area contributed by atoms with Gasteiger partial charge in [0.2, 0.25) is 16.5 Å². The van der Waals surface area contributed by atoms with Gasteiger partial charge < -0.3 is 10.1 Å². The molecule has 1 N–H and O–H groups in total. The van der Waals surface area contributed by atoms with Gasteiger partial charge >= 0.3 is 0 Å². The first-order valence-corrected chi connectivity index (χ1v) is 6.22. The quantitative estimate of drug-likeness (QED) is 0.777. The van der Waals surface area contributed by atoms with Crippen LogP contribution in [0.4, 0.5) is 5.95 Å². The minimum Gasteiger partial charge on any atom is -0.380 e. The van der Waals surface area contributed by atoms with Gasteiger partial charge in [0.25, 0.3) is 0 Å². The molecule has 1 heterocycles. The number of rotatable bonds is 7. The van der Waals surface area contributed by atoms with Gasteiger partial charge in [-0.2, -0.15) is 15.0 Å². The summed E-state index contributed by atoms with van der Waals surface area (Å²) in [7, 11) is 0. The van der Waals surface area contributed by atoms with Gasteiger partial charge in [-0.15, -0.1) is 0 Å². The average molecular weight is 279 g/mol. The van der Waals surface area contributed by atoms with Crippen molar-refractivity contribution in [3.8, 4) is 0 Å². The van der Waals surface area contributed by atoms with Gasteiger partial charge in [-0.3, -0.25) is 0 Å². The third-order valence-corrected chi connectivity index (χ3v) is 2.29. The molecule has 0 aliphatic rings. The fourth-order valence-corrected chi connectivity index (χ4v) is 1.42. The van der Waals surface area contributed by atoms with E-state index in [1.807, 2.05) is 0 Å². The van der Waals surface area contributed by atoms with Crippen molar-refractivity contribution in [2.24, 2.45) is 5.92 Å². The highest BCUT2D eigenvalue weighted by Gasteiger charge is 2.02. The molecule has 96 valence electrons. The highest BCUT2D eigenvalue weighted by molar-refractivity contribution is 6.31. The van der Waals surface area contributed by atoms with Gasteiger partial charge in [0, 0.05) is 13.2 Å². The van der Waals surface area contributed by atoms with E-state index in [0.29, 0.717) is 25.0 Å². The molecule has 0 radical (unpaired) electrons. The van der Waals surface area contributed by atoms with Gasteiger partial charge in [-0.05, 0) is 35.5 Å². The van der Waals surface area contributed by atoms with Gasteiger partial charge in [-0.25, -0.2) is 0 Å². The molecule has 0 spiro atoms. The summed E-state index contributed by atoms with van der Waals surface area (Å²) < 4.78 is 5.43. The molecule has 17 heavy (non-hydrogen) atoms. The lowest BCUT2D eigenvalue weighted by Gasteiger charge is -2.07. The van der Waals surface area contributed by atoms with Crippen LogP contribution in [0.5, 0.6) is 0 Å². The highest BCUT2D eigenvalue weighted by Crippen LogP contribution is 2.09. The predicted molar refractivity (Wildman–Crippen MR) is 68.6 cm³/mol. The van der Waals surface area contributed by atoms with E-state index < -0.39 is 0 Å². The van der Waals surface area contributed by atoms with E-state index in [1.165, 1.54) is 0 Å². The van der Waals surface area contributed by atoms with Crippen LogP contribution in [-0.4, -0.2) is 34.7 Å². The molecule has 0 aliphatic heterocycles. The molecule has 1 rings (SSSR count). The molecule has 7 heteroatoms. The van der Waals surface area contributed by atoms with Crippen LogP contribution < -0.4 is 5.32 Å². The molecule has 1 aromatic rings. The molecular weight excluding hydrogens is 263 g/mol. The second kappa shape index (κ2) is 7.63. The zero-order valence-electron chi connectivity index (χ0n) is 9.91. The van der Waals surface area contributed by atoms with Crippen molar-refractivity contribution >= 4 is 29.2 Å². The van der Waals surface area contributed by atoms with E-state index in [-0.39, 0.29) is 10.6 Å². The average Bonchev–Trinajstić information content (AvgIpc) is 2.21. The fraction of sp³-hybridized carbons (Fsp3) is 0.700. The maximum absolute atomic E-state index is 5.63. The Morgan fingerprint density at radius 1 is 1.12 bits per heavy atom. The van der Waals surface area contributed by atoms with Crippen LogP contribution in [0.1, 0.15) is 20.3 Å². The molecule has 0 aromatic carbocycles. The van der Waals surface area contributed by atoms with Crippen LogP contribution in [0.2, 0.25) is 10.6 Å². The van der Waals surface area contributed by atoms with Crippen LogP contribution in [0, 0.1) is 5.92 Å². The summed E-state index contributed by atoms with van der Waals surface area (Å²) in [5, 5.41) is 3.11. The second-order valence-corrected chi connectivity index (χ2v) is 4.59. The van der Waals surface area contributed by atoms with Crippen LogP contribution in [-0.2, 0) is 4.74 Å². The zero-order valence-corrected chi connectivity index (χ0v) is 11.4. The third kappa shape index (κ3) is 6.61. The fourth-order valence-electron chi connectivity index (χ4n) is 1.06. The molecule has 0 unspecified atom stereocenters. The van der Waals surface area contributed by atoms with E-state index in [2.05, 4.69) is 34.1 Å². The van der Waals surface area contributed by atoms with Crippen molar-refractivity contribution < 1.29 is 4.74 Å². The van der Waals surface area contributed by atoms with Crippen molar-refractivity contribution in [2.75, 3.05) is 25.1 Å². The third-order valence-electron chi connectivity index (χ3n) is 1.95. The standard InChI is InChI=1S/C10H16Cl2N4O/c1-7(2)3-5-17-6-4-13-10-15-8(11)14-9(12)16-10/h7H,3-6H2,1-2H3,(H,13,14,15,16). The normalized spacial score (nSPS) is 10.9. The lowest BCUT2D eigenvalue weighted by atomic mass is 10.1. The topological polar surface area (TPSA) is 59.9 Å². The Kier molecular flexibility index (Phi) is 6.47. The Morgan fingerprint density at radius 3 is 2.35 bits per heavy atom. The molecule has 0 fully saturated rings. The summed E-state index contributed by atoms with van der Waals surface area (Å²) in [5.74, 6) is 1.02. The van der Waals surface area contributed by atoms with Crippen molar-refractivity contribution in [3.63, 3.8) is 0 Å². The largest absolute Gasteiger partial charge is 0.380 e. The maximum Gasteiger partial charge on any atom is 0.228 e. The molecule has 5 nitrogen and oxygen atoms in total.